The van der Waals surface area contributed by atoms with Crippen LogP contribution < -0.4 is 10.6 Å². The number of nitrogens with one attached hydrogen (secondary N) is 2. The summed E-state index contributed by atoms with van der Waals surface area (Å²) in [7, 11) is 0. The molecule has 1 aliphatic rings. The SMILES string of the molecule is CCc1cnc(C(C)NCCC2CCCNC2)s1. The molecule has 0 spiro atoms. The third-order valence-corrected chi connectivity index (χ3v) is 5.02. The van der Waals surface area contributed by atoms with Crippen molar-refractivity contribution in [3.8, 4) is 0 Å². The van der Waals surface area contributed by atoms with Crippen LogP contribution in [0.2, 0.25) is 0 Å². The van der Waals surface area contributed by atoms with Crippen LogP contribution in [0, 0.1) is 5.92 Å². The maximum absolute atomic E-state index is 4.50. The van der Waals surface area contributed by atoms with Gasteiger partial charge in [0, 0.05) is 11.1 Å². The summed E-state index contributed by atoms with van der Waals surface area (Å²) in [5.41, 5.74) is 0. The molecule has 2 rings (SSSR count). The maximum atomic E-state index is 4.50. The lowest BCUT2D eigenvalue weighted by Crippen LogP contribution is -2.32. The molecule has 102 valence electrons. The molecular weight excluding hydrogens is 242 g/mol. The molecule has 0 aromatic carbocycles. The lowest BCUT2D eigenvalue weighted by atomic mass is 9.96. The average Bonchev–Trinajstić information content (AvgIpc) is 2.89. The second-order valence-electron chi connectivity index (χ2n) is 5.20. The molecule has 0 radical (unpaired) electrons. The average molecular weight is 267 g/mol. The van der Waals surface area contributed by atoms with Crippen molar-refractivity contribution in [2.24, 2.45) is 5.92 Å². The number of nitrogens with zero attached hydrogens (tertiary/aromatic N) is 1. The van der Waals surface area contributed by atoms with E-state index in [-0.39, 0.29) is 0 Å². The summed E-state index contributed by atoms with van der Waals surface area (Å²) in [5, 5.41) is 8.31. The van der Waals surface area contributed by atoms with Crippen molar-refractivity contribution in [2.75, 3.05) is 19.6 Å². The summed E-state index contributed by atoms with van der Waals surface area (Å²) in [4.78, 5) is 5.88. The van der Waals surface area contributed by atoms with Crippen LogP contribution in [0.15, 0.2) is 6.20 Å². The van der Waals surface area contributed by atoms with Crippen LogP contribution in [0.3, 0.4) is 0 Å². The minimum Gasteiger partial charge on any atom is -0.316 e. The Morgan fingerprint density at radius 3 is 3.17 bits per heavy atom. The molecule has 1 fully saturated rings. The monoisotopic (exact) mass is 267 g/mol. The number of aromatic nitrogens is 1. The summed E-state index contributed by atoms with van der Waals surface area (Å²) >= 11 is 1.84. The molecule has 2 heterocycles. The smallest absolute Gasteiger partial charge is 0.109 e. The summed E-state index contributed by atoms with van der Waals surface area (Å²) in [5.74, 6) is 0.862. The predicted molar refractivity (Wildman–Crippen MR) is 78.1 cm³/mol. The summed E-state index contributed by atoms with van der Waals surface area (Å²) in [6.45, 7) is 7.92. The molecule has 1 saturated heterocycles. The Morgan fingerprint density at radius 2 is 2.50 bits per heavy atom. The van der Waals surface area contributed by atoms with Gasteiger partial charge in [-0.15, -0.1) is 11.3 Å². The van der Waals surface area contributed by atoms with Gasteiger partial charge in [0.1, 0.15) is 5.01 Å². The number of thiazole rings is 1. The highest BCUT2D eigenvalue weighted by molar-refractivity contribution is 7.11. The molecule has 4 heteroatoms. The van der Waals surface area contributed by atoms with Gasteiger partial charge < -0.3 is 10.6 Å². The highest BCUT2D eigenvalue weighted by atomic mass is 32.1. The van der Waals surface area contributed by atoms with E-state index >= 15 is 0 Å². The van der Waals surface area contributed by atoms with Crippen LogP contribution in [0.4, 0.5) is 0 Å². The van der Waals surface area contributed by atoms with Gasteiger partial charge in [-0.2, -0.15) is 0 Å². The Labute approximate surface area is 114 Å². The van der Waals surface area contributed by atoms with Gasteiger partial charge in [0.25, 0.3) is 0 Å². The fraction of sp³-hybridized carbons (Fsp3) is 0.786. The molecule has 0 bridgehead atoms. The van der Waals surface area contributed by atoms with E-state index in [2.05, 4.69) is 29.5 Å². The summed E-state index contributed by atoms with van der Waals surface area (Å²) in [6, 6.07) is 0.395. The first-order valence-electron chi connectivity index (χ1n) is 7.18. The standard InChI is InChI=1S/C14H25N3S/c1-3-13-10-17-14(18-13)11(2)16-8-6-12-5-4-7-15-9-12/h10-12,15-16H,3-9H2,1-2H3. The van der Waals surface area contributed by atoms with E-state index in [9.17, 15) is 0 Å². The molecule has 2 N–H and O–H groups in total. The van der Waals surface area contributed by atoms with Gasteiger partial charge in [0.2, 0.25) is 0 Å². The highest BCUT2D eigenvalue weighted by Gasteiger charge is 2.14. The van der Waals surface area contributed by atoms with Crippen molar-refractivity contribution in [3.63, 3.8) is 0 Å². The van der Waals surface area contributed by atoms with Crippen LogP contribution >= 0.6 is 11.3 Å². The Morgan fingerprint density at radius 1 is 1.61 bits per heavy atom. The number of aryl methyl sites for hydroxylation is 1. The molecule has 2 atom stereocenters. The van der Waals surface area contributed by atoms with E-state index in [0.29, 0.717) is 6.04 Å². The zero-order valence-corrected chi connectivity index (χ0v) is 12.4. The first-order chi connectivity index (χ1) is 8.79. The van der Waals surface area contributed by atoms with Crippen LogP contribution in [-0.4, -0.2) is 24.6 Å². The van der Waals surface area contributed by atoms with E-state index in [1.54, 1.807) is 0 Å². The van der Waals surface area contributed by atoms with Crippen LogP contribution in [0.5, 0.6) is 0 Å². The zero-order valence-electron chi connectivity index (χ0n) is 11.5. The first kappa shape index (κ1) is 14.0. The van der Waals surface area contributed by atoms with Crippen molar-refractivity contribution in [1.82, 2.24) is 15.6 Å². The number of hydrogen-bond acceptors (Lipinski definition) is 4. The lowest BCUT2D eigenvalue weighted by Gasteiger charge is -2.23. The van der Waals surface area contributed by atoms with Gasteiger partial charge in [-0.3, -0.25) is 0 Å². The third-order valence-electron chi connectivity index (χ3n) is 3.69. The molecule has 18 heavy (non-hydrogen) atoms. The van der Waals surface area contributed by atoms with Gasteiger partial charge in [-0.1, -0.05) is 6.92 Å². The second kappa shape index (κ2) is 7.22. The van der Waals surface area contributed by atoms with Crippen molar-refractivity contribution in [3.05, 3.63) is 16.1 Å². The Balaban J connectivity index is 1.69. The third kappa shape index (κ3) is 4.04. The highest BCUT2D eigenvalue weighted by Crippen LogP contribution is 2.20. The van der Waals surface area contributed by atoms with Crippen LogP contribution in [0.25, 0.3) is 0 Å². The largest absolute Gasteiger partial charge is 0.316 e. The van der Waals surface area contributed by atoms with Crippen molar-refractivity contribution < 1.29 is 0 Å². The fourth-order valence-corrected chi connectivity index (χ4v) is 3.33. The molecule has 2 unspecified atom stereocenters. The Bertz CT molecular complexity index is 345. The Hall–Kier alpha value is -0.450. The van der Waals surface area contributed by atoms with E-state index in [1.165, 1.54) is 42.2 Å². The normalized spacial score (nSPS) is 22.0. The van der Waals surface area contributed by atoms with Gasteiger partial charge in [0.15, 0.2) is 0 Å². The lowest BCUT2D eigenvalue weighted by molar-refractivity contribution is 0.347. The summed E-state index contributed by atoms with van der Waals surface area (Å²) in [6.07, 6.45) is 7.12. The minimum absolute atomic E-state index is 0.395. The van der Waals surface area contributed by atoms with Gasteiger partial charge in [-0.05, 0) is 58.2 Å². The molecule has 1 aromatic heterocycles. The number of rotatable bonds is 6. The maximum Gasteiger partial charge on any atom is 0.109 e. The zero-order chi connectivity index (χ0) is 12.8. The van der Waals surface area contributed by atoms with E-state index < -0.39 is 0 Å². The Kier molecular flexibility index (Phi) is 5.60. The quantitative estimate of drug-likeness (QED) is 0.832. The topological polar surface area (TPSA) is 37.0 Å². The van der Waals surface area contributed by atoms with Gasteiger partial charge in [0.05, 0.1) is 6.04 Å². The molecular formula is C14H25N3S. The van der Waals surface area contributed by atoms with E-state index in [0.717, 1.165) is 18.9 Å². The minimum atomic E-state index is 0.395. The van der Waals surface area contributed by atoms with Crippen molar-refractivity contribution >= 4 is 11.3 Å². The molecule has 1 aliphatic heterocycles. The van der Waals surface area contributed by atoms with Crippen molar-refractivity contribution in [2.45, 2.75) is 45.6 Å². The summed E-state index contributed by atoms with van der Waals surface area (Å²) < 4.78 is 0. The van der Waals surface area contributed by atoms with Crippen molar-refractivity contribution in [1.29, 1.82) is 0 Å². The van der Waals surface area contributed by atoms with Gasteiger partial charge >= 0.3 is 0 Å². The van der Waals surface area contributed by atoms with E-state index in [1.807, 2.05) is 17.5 Å². The predicted octanol–water partition coefficient (Wildman–Crippen LogP) is 2.75. The van der Waals surface area contributed by atoms with E-state index in [4.69, 9.17) is 0 Å². The molecule has 0 aliphatic carbocycles. The van der Waals surface area contributed by atoms with Crippen LogP contribution in [-0.2, 0) is 6.42 Å². The fourth-order valence-electron chi connectivity index (χ4n) is 2.45. The molecule has 1 aromatic rings. The molecule has 3 nitrogen and oxygen atoms in total. The number of piperidine rings is 1. The van der Waals surface area contributed by atoms with Gasteiger partial charge in [-0.25, -0.2) is 4.98 Å². The first-order valence-corrected chi connectivity index (χ1v) is 8.00. The van der Waals surface area contributed by atoms with Crippen LogP contribution in [0.1, 0.15) is 49.0 Å². The molecule has 0 saturated carbocycles. The molecule has 0 amide bonds. The second-order valence-corrected chi connectivity index (χ2v) is 6.34. The number of hydrogen-bond donors (Lipinski definition) is 2.